The number of fused-ring (bicyclic) bond motifs is 1. The summed E-state index contributed by atoms with van der Waals surface area (Å²) in [5.74, 6) is 0.980. The van der Waals surface area contributed by atoms with E-state index in [9.17, 15) is 0 Å². The van der Waals surface area contributed by atoms with E-state index in [1.165, 1.54) is 4.90 Å². The van der Waals surface area contributed by atoms with E-state index in [0.29, 0.717) is 0 Å². The van der Waals surface area contributed by atoms with E-state index in [-0.39, 0.29) is 0 Å². The van der Waals surface area contributed by atoms with E-state index in [1.54, 1.807) is 11.8 Å². The van der Waals surface area contributed by atoms with Crippen molar-refractivity contribution in [2.24, 2.45) is 0 Å². The van der Waals surface area contributed by atoms with Gasteiger partial charge in [-0.1, -0.05) is 0 Å². The fourth-order valence-corrected chi connectivity index (χ4v) is 1.67. The van der Waals surface area contributed by atoms with Gasteiger partial charge in [0.25, 0.3) is 0 Å². The van der Waals surface area contributed by atoms with E-state index in [2.05, 4.69) is 29.8 Å². The van der Waals surface area contributed by atoms with E-state index < -0.39 is 0 Å². The molecule has 3 heteroatoms. The average Bonchev–Trinajstić information content (AvgIpc) is 2.17. The fraction of sp³-hybridized carbons (Fsp3) is 0.333. The molecule has 0 aromatic heterocycles. The number of hydrogen-bond acceptors (Lipinski definition) is 3. The number of nitrogens with one attached hydrogen (secondary N) is 1. The molecule has 0 unspecified atom stereocenters. The third-order valence-corrected chi connectivity index (χ3v) is 2.59. The van der Waals surface area contributed by atoms with Crippen LogP contribution in [0.15, 0.2) is 23.1 Å². The largest absolute Gasteiger partial charge is 0.490 e. The van der Waals surface area contributed by atoms with E-state index in [0.717, 1.165) is 24.6 Å². The smallest absolute Gasteiger partial charge is 0.143 e. The molecule has 1 aromatic rings. The number of thioether (sulfide) groups is 1. The van der Waals surface area contributed by atoms with Crippen molar-refractivity contribution in [3.05, 3.63) is 18.2 Å². The van der Waals surface area contributed by atoms with Gasteiger partial charge in [0.05, 0.1) is 5.69 Å². The molecule has 64 valence electrons. The van der Waals surface area contributed by atoms with Gasteiger partial charge in [-0.05, 0) is 24.5 Å². The van der Waals surface area contributed by atoms with Crippen LogP contribution in [-0.4, -0.2) is 19.4 Å². The summed E-state index contributed by atoms with van der Waals surface area (Å²) in [7, 11) is 0. The second-order valence-corrected chi connectivity index (χ2v) is 3.52. The highest BCUT2D eigenvalue weighted by atomic mass is 32.2. The maximum Gasteiger partial charge on any atom is 0.143 e. The normalized spacial score (nSPS) is 14.4. The van der Waals surface area contributed by atoms with E-state index in [4.69, 9.17) is 4.74 Å². The first-order chi connectivity index (χ1) is 5.90. The minimum absolute atomic E-state index is 0.769. The minimum Gasteiger partial charge on any atom is -0.490 e. The first kappa shape index (κ1) is 7.80. The van der Waals surface area contributed by atoms with Crippen molar-refractivity contribution in [3.8, 4) is 5.75 Å². The second-order valence-electron chi connectivity index (χ2n) is 2.64. The molecule has 0 atom stereocenters. The Morgan fingerprint density at radius 3 is 3.25 bits per heavy atom. The molecule has 2 nitrogen and oxygen atoms in total. The lowest BCUT2D eigenvalue weighted by molar-refractivity contribution is 0.322. The van der Waals surface area contributed by atoms with Crippen molar-refractivity contribution < 1.29 is 4.74 Å². The number of rotatable bonds is 1. The summed E-state index contributed by atoms with van der Waals surface area (Å²) in [6.45, 7) is 1.68. The van der Waals surface area contributed by atoms with Crippen LogP contribution in [0.25, 0.3) is 0 Å². The van der Waals surface area contributed by atoms with Gasteiger partial charge >= 0.3 is 0 Å². The third-order valence-electron chi connectivity index (χ3n) is 1.86. The topological polar surface area (TPSA) is 21.3 Å². The van der Waals surface area contributed by atoms with Crippen molar-refractivity contribution in [3.63, 3.8) is 0 Å². The molecule has 1 aliphatic heterocycles. The molecule has 0 fully saturated rings. The lowest BCUT2D eigenvalue weighted by Gasteiger charge is -2.19. The lowest BCUT2D eigenvalue weighted by Crippen LogP contribution is -2.17. The molecule has 12 heavy (non-hydrogen) atoms. The van der Waals surface area contributed by atoms with Crippen molar-refractivity contribution in [2.45, 2.75) is 4.90 Å². The zero-order valence-corrected chi connectivity index (χ0v) is 7.78. The number of hydrogen-bond donors (Lipinski definition) is 1. The molecular weight excluding hydrogens is 170 g/mol. The maximum absolute atomic E-state index is 5.49. The van der Waals surface area contributed by atoms with Gasteiger partial charge in [0.15, 0.2) is 0 Å². The van der Waals surface area contributed by atoms with Crippen molar-refractivity contribution in [1.29, 1.82) is 0 Å². The SMILES string of the molecule is CSc1ccc2c(c1)OCCN2. The van der Waals surface area contributed by atoms with Gasteiger partial charge < -0.3 is 10.1 Å². The van der Waals surface area contributed by atoms with Gasteiger partial charge in [-0.15, -0.1) is 11.8 Å². The van der Waals surface area contributed by atoms with Crippen LogP contribution < -0.4 is 10.1 Å². The third kappa shape index (κ3) is 1.37. The van der Waals surface area contributed by atoms with Crippen LogP contribution in [0.3, 0.4) is 0 Å². The summed E-state index contributed by atoms with van der Waals surface area (Å²) >= 11 is 1.73. The summed E-state index contributed by atoms with van der Waals surface area (Å²) in [4.78, 5) is 1.25. The molecule has 0 spiro atoms. The molecule has 1 heterocycles. The van der Waals surface area contributed by atoms with Crippen molar-refractivity contribution >= 4 is 17.4 Å². The summed E-state index contributed by atoms with van der Waals surface area (Å²) in [5.41, 5.74) is 1.11. The zero-order valence-electron chi connectivity index (χ0n) is 6.96. The predicted octanol–water partition coefficient (Wildman–Crippen LogP) is 2.21. The van der Waals surface area contributed by atoms with Gasteiger partial charge in [-0.25, -0.2) is 0 Å². The molecule has 0 radical (unpaired) electrons. The Morgan fingerprint density at radius 2 is 2.42 bits per heavy atom. The molecule has 1 aliphatic rings. The van der Waals surface area contributed by atoms with Gasteiger partial charge in [-0.3, -0.25) is 0 Å². The monoisotopic (exact) mass is 181 g/mol. The van der Waals surface area contributed by atoms with Crippen LogP contribution in [0.5, 0.6) is 5.75 Å². The van der Waals surface area contributed by atoms with Crippen molar-refractivity contribution in [1.82, 2.24) is 0 Å². The Morgan fingerprint density at radius 1 is 1.50 bits per heavy atom. The highest BCUT2D eigenvalue weighted by Gasteiger charge is 2.08. The molecule has 0 bridgehead atoms. The molecular formula is C9H11NOS. The Labute approximate surface area is 76.3 Å². The van der Waals surface area contributed by atoms with Gasteiger partial charge in [-0.2, -0.15) is 0 Å². The Kier molecular flexibility index (Phi) is 2.13. The highest BCUT2D eigenvalue weighted by molar-refractivity contribution is 7.98. The molecule has 0 aliphatic carbocycles. The van der Waals surface area contributed by atoms with Gasteiger partial charge in [0, 0.05) is 11.4 Å². The standard InChI is InChI=1S/C9H11NOS/c1-12-7-2-3-8-9(6-7)11-5-4-10-8/h2-3,6,10H,4-5H2,1H3. The van der Waals surface area contributed by atoms with Crippen LogP contribution in [0.1, 0.15) is 0 Å². The number of ether oxygens (including phenoxy) is 1. The van der Waals surface area contributed by atoms with Crippen LogP contribution in [0.4, 0.5) is 5.69 Å². The molecule has 2 rings (SSSR count). The molecule has 1 N–H and O–H groups in total. The molecule has 1 aromatic carbocycles. The first-order valence-corrected chi connectivity index (χ1v) is 5.17. The maximum atomic E-state index is 5.49. The Hall–Kier alpha value is -0.830. The highest BCUT2D eigenvalue weighted by Crippen LogP contribution is 2.30. The fourth-order valence-electron chi connectivity index (χ4n) is 1.24. The Bertz CT molecular complexity index is 288. The van der Waals surface area contributed by atoms with Gasteiger partial charge in [0.2, 0.25) is 0 Å². The summed E-state index contributed by atoms with van der Waals surface area (Å²) in [6, 6.07) is 6.25. The number of anilines is 1. The summed E-state index contributed by atoms with van der Waals surface area (Å²) in [6.07, 6.45) is 2.07. The van der Waals surface area contributed by atoms with Crippen LogP contribution in [0.2, 0.25) is 0 Å². The Balaban J connectivity index is 2.36. The van der Waals surface area contributed by atoms with Crippen molar-refractivity contribution in [2.75, 3.05) is 24.7 Å². The second kappa shape index (κ2) is 3.27. The summed E-state index contributed by atoms with van der Waals surface area (Å²) in [5, 5.41) is 3.28. The first-order valence-electron chi connectivity index (χ1n) is 3.95. The van der Waals surface area contributed by atoms with E-state index in [1.807, 2.05) is 0 Å². The molecule has 0 saturated heterocycles. The average molecular weight is 181 g/mol. The van der Waals surface area contributed by atoms with Crippen LogP contribution >= 0.6 is 11.8 Å². The minimum atomic E-state index is 0.769. The van der Waals surface area contributed by atoms with Crippen LogP contribution in [0, 0.1) is 0 Å². The van der Waals surface area contributed by atoms with Crippen LogP contribution in [-0.2, 0) is 0 Å². The van der Waals surface area contributed by atoms with Gasteiger partial charge in [0.1, 0.15) is 12.4 Å². The molecule has 0 amide bonds. The quantitative estimate of drug-likeness (QED) is 0.671. The summed E-state index contributed by atoms with van der Waals surface area (Å²) < 4.78 is 5.49. The molecule has 0 saturated carbocycles. The number of benzene rings is 1. The van der Waals surface area contributed by atoms with E-state index >= 15 is 0 Å². The predicted molar refractivity (Wildman–Crippen MR) is 52.2 cm³/mol. The lowest BCUT2D eigenvalue weighted by atomic mass is 10.2. The zero-order chi connectivity index (χ0) is 8.39.